The maximum absolute atomic E-state index is 3.63. The first-order valence-electron chi connectivity index (χ1n) is 4.51. The maximum atomic E-state index is 3.63. The molecule has 2 rings (SSSR count). The van der Waals surface area contributed by atoms with Crippen molar-refractivity contribution in [2.45, 2.75) is 18.2 Å². The summed E-state index contributed by atoms with van der Waals surface area (Å²) in [5.41, 5.74) is 1.45. The molecule has 0 aliphatic carbocycles. The Morgan fingerprint density at radius 1 is 1.43 bits per heavy atom. The van der Waals surface area contributed by atoms with Gasteiger partial charge in [-0.2, -0.15) is 0 Å². The van der Waals surface area contributed by atoms with Crippen molar-refractivity contribution in [3.63, 3.8) is 0 Å². The molecular weight excluding hydrogens is 276 g/mol. The molecule has 0 unspecified atom stereocenters. The third-order valence-corrected chi connectivity index (χ3v) is 5.34. The van der Waals surface area contributed by atoms with E-state index in [0.29, 0.717) is 0 Å². The second-order valence-corrected chi connectivity index (χ2v) is 6.24. The summed E-state index contributed by atoms with van der Waals surface area (Å²) in [4.78, 5) is 1.39. The number of hydrogen-bond acceptors (Lipinski definition) is 2. The van der Waals surface area contributed by atoms with E-state index < -0.39 is 0 Å². The lowest BCUT2D eigenvalue weighted by Gasteiger charge is -2.01. The fourth-order valence-corrected chi connectivity index (χ4v) is 4.76. The van der Waals surface area contributed by atoms with Crippen molar-refractivity contribution >= 4 is 49.1 Å². The molecule has 0 aliphatic rings. The van der Waals surface area contributed by atoms with E-state index in [1.54, 1.807) is 0 Å². The van der Waals surface area contributed by atoms with Gasteiger partial charge in [0.05, 0.1) is 3.79 Å². The first-order valence-corrected chi connectivity index (χ1v) is 7.35. The fourth-order valence-electron chi connectivity index (χ4n) is 1.64. The van der Waals surface area contributed by atoms with Crippen LogP contribution in [0.2, 0.25) is 0 Å². The predicted octanol–water partition coefficient (Wildman–Crippen LogP) is 4.95. The van der Waals surface area contributed by atoms with Crippen molar-refractivity contribution in [1.82, 2.24) is 0 Å². The summed E-state index contributed by atoms with van der Waals surface area (Å²) < 4.78 is 2.65. The highest BCUT2D eigenvalue weighted by Gasteiger charge is 2.11. The van der Waals surface area contributed by atoms with Gasteiger partial charge in [-0.1, -0.05) is 19.1 Å². The third-order valence-electron chi connectivity index (χ3n) is 2.30. The number of thiophene rings is 1. The molecule has 0 atom stereocenters. The topological polar surface area (TPSA) is 0 Å². The Labute approximate surface area is 101 Å². The number of halogens is 1. The Hall–Kier alpha value is 0.01000. The van der Waals surface area contributed by atoms with Gasteiger partial charge in [-0.3, -0.25) is 0 Å². The van der Waals surface area contributed by atoms with Crippen LogP contribution in [0.1, 0.15) is 12.5 Å². The van der Waals surface area contributed by atoms with Crippen LogP contribution in [0.5, 0.6) is 0 Å². The van der Waals surface area contributed by atoms with Crippen LogP contribution in [0.3, 0.4) is 0 Å². The van der Waals surface area contributed by atoms with E-state index in [9.17, 15) is 0 Å². The van der Waals surface area contributed by atoms with Gasteiger partial charge in [0, 0.05) is 15.0 Å². The van der Waals surface area contributed by atoms with Crippen LogP contribution >= 0.6 is 39.0 Å². The van der Waals surface area contributed by atoms with E-state index >= 15 is 0 Å². The number of thioether (sulfide) groups is 1. The second-order valence-electron chi connectivity index (χ2n) is 3.05. The van der Waals surface area contributed by atoms with E-state index in [-0.39, 0.29) is 0 Å². The minimum Gasteiger partial charge on any atom is -0.127 e. The Kier molecular flexibility index (Phi) is 3.20. The molecule has 0 saturated carbocycles. The largest absolute Gasteiger partial charge is 0.127 e. The molecule has 0 spiro atoms. The van der Waals surface area contributed by atoms with Gasteiger partial charge in [-0.05, 0) is 40.2 Å². The molecule has 0 fully saturated rings. The molecule has 14 heavy (non-hydrogen) atoms. The molecule has 3 heteroatoms. The highest BCUT2D eigenvalue weighted by molar-refractivity contribution is 9.11. The molecule has 0 saturated heterocycles. The van der Waals surface area contributed by atoms with Crippen LogP contribution in [0.4, 0.5) is 0 Å². The molecule has 1 aromatic carbocycles. The molecule has 74 valence electrons. The van der Waals surface area contributed by atoms with E-state index in [0.717, 1.165) is 6.42 Å². The van der Waals surface area contributed by atoms with Crippen molar-refractivity contribution < 1.29 is 0 Å². The molecule has 1 heterocycles. The fraction of sp³-hybridized carbons (Fsp3) is 0.273. The Morgan fingerprint density at radius 2 is 2.21 bits per heavy atom. The molecule has 2 aromatic rings. The average Bonchev–Trinajstić information content (AvgIpc) is 2.52. The molecule has 0 aliphatic heterocycles. The molecule has 0 bridgehead atoms. The lowest BCUT2D eigenvalue weighted by atomic mass is 10.1. The van der Waals surface area contributed by atoms with Gasteiger partial charge < -0.3 is 0 Å². The highest BCUT2D eigenvalue weighted by Crippen LogP contribution is 2.42. The quantitative estimate of drug-likeness (QED) is 0.704. The number of aryl methyl sites for hydroxylation is 1. The first kappa shape index (κ1) is 10.5. The van der Waals surface area contributed by atoms with Crippen LogP contribution in [-0.4, -0.2) is 6.26 Å². The lowest BCUT2D eigenvalue weighted by molar-refractivity contribution is 1.15. The van der Waals surface area contributed by atoms with Gasteiger partial charge in [-0.25, -0.2) is 0 Å². The molecular formula is C11H11BrS2. The normalized spacial score (nSPS) is 11.1. The van der Waals surface area contributed by atoms with Crippen molar-refractivity contribution in [2.24, 2.45) is 0 Å². The Morgan fingerprint density at radius 3 is 2.86 bits per heavy atom. The summed E-state index contributed by atoms with van der Waals surface area (Å²) in [7, 11) is 0. The minimum absolute atomic E-state index is 1.11. The van der Waals surface area contributed by atoms with Gasteiger partial charge in [0.2, 0.25) is 0 Å². The molecule has 0 amide bonds. The number of hydrogen-bond donors (Lipinski definition) is 0. The van der Waals surface area contributed by atoms with Gasteiger partial charge in [-0.15, -0.1) is 23.1 Å². The minimum atomic E-state index is 1.11. The van der Waals surface area contributed by atoms with Crippen molar-refractivity contribution in [2.75, 3.05) is 6.26 Å². The summed E-state index contributed by atoms with van der Waals surface area (Å²) in [6, 6.07) is 6.57. The van der Waals surface area contributed by atoms with Crippen molar-refractivity contribution in [3.05, 3.63) is 27.5 Å². The van der Waals surface area contributed by atoms with Crippen molar-refractivity contribution in [3.8, 4) is 0 Å². The molecule has 0 nitrogen and oxygen atoms in total. The van der Waals surface area contributed by atoms with E-state index in [2.05, 4.69) is 47.3 Å². The molecule has 0 N–H and O–H groups in total. The highest BCUT2D eigenvalue weighted by atomic mass is 79.9. The second kappa shape index (κ2) is 4.25. The van der Waals surface area contributed by atoms with E-state index in [4.69, 9.17) is 0 Å². The summed E-state index contributed by atoms with van der Waals surface area (Å²) in [6.07, 6.45) is 3.24. The standard InChI is InChI=1S/C11H11BrS2/c1-3-7-5-4-6-8-9(7)10(13-2)11(12)14-8/h4-6H,3H2,1-2H3. The van der Waals surface area contributed by atoms with Crippen LogP contribution in [0.25, 0.3) is 10.1 Å². The average molecular weight is 287 g/mol. The summed E-state index contributed by atoms with van der Waals surface area (Å²) in [6.45, 7) is 2.21. The predicted molar refractivity (Wildman–Crippen MR) is 70.7 cm³/mol. The van der Waals surface area contributed by atoms with Gasteiger partial charge >= 0.3 is 0 Å². The zero-order chi connectivity index (χ0) is 10.1. The first-order chi connectivity index (χ1) is 6.77. The van der Waals surface area contributed by atoms with Crippen molar-refractivity contribution in [1.29, 1.82) is 0 Å². The Bertz CT molecular complexity index is 460. The SMILES string of the molecule is CCc1cccc2sc(Br)c(SC)c12. The summed E-state index contributed by atoms with van der Waals surface area (Å²) in [5.74, 6) is 0. The van der Waals surface area contributed by atoms with Gasteiger partial charge in [0.25, 0.3) is 0 Å². The number of rotatable bonds is 2. The maximum Gasteiger partial charge on any atom is 0.0846 e. The monoisotopic (exact) mass is 286 g/mol. The van der Waals surface area contributed by atoms with Crippen LogP contribution in [-0.2, 0) is 6.42 Å². The van der Waals surface area contributed by atoms with Gasteiger partial charge in [0.1, 0.15) is 0 Å². The summed E-state index contributed by atoms with van der Waals surface area (Å²) >= 11 is 7.28. The summed E-state index contributed by atoms with van der Waals surface area (Å²) in [5, 5.41) is 1.44. The smallest absolute Gasteiger partial charge is 0.0846 e. The number of benzene rings is 1. The van der Waals surface area contributed by atoms with Gasteiger partial charge in [0.15, 0.2) is 0 Å². The number of fused-ring (bicyclic) bond motifs is 1. The van der Waals surface area contributed by atoms with Crippen LogP contribution < -0.4 is 0 Å². The Balaban J connectivity index is 2.82. The van der Waals surface area contributed by atoms with Crippen LogP contribution in [0, 0.1) is 0 Å². The van der Waals surface area contributed by atoms with E-state index in [1.807, 2.05) is 23.1 Å². The molecule has 0 radical (unpaired) electrons. The lowest BCUT2D eigenvalue weighted by Crippen LogP contribution is -1.81. The van der Waals surface area contributed by atoms with Crippen LogP contribution in [0.15, 0.2) is 26.9 Å². The zero-order valence-corrected chi connectivity index (χ0v) is 11.4. The van der Waals surface area contributed by atoms with E-state index in [1.165, 1.54) is 24.3 Å². The molecule has 1 aromatic heterocycles. The third kappa shape index (κ3) is 1.62. The zero-order valence-electron chi connectivity index (χ0n) is 8.13.